The molecular weight excluding hydrogens is 68.8 g/mol. The maximum absolute atomic E-state index is 9.24. The highest BCUT2D eigenvalue weighted by atomic mass is 16.6. The summed E-state index contributed by atoms with van der Waals surface area (Å²) in [7, 11) is 4.31. The summed E-state index contributed by atoms with van der Waals surface area (Å²) in [5.74, 6) is 3.23. The topological polar surface area (TPSA) is 52.3 Å². The van der Waals surface area contributed by atoms with Gasteiger partial charge >= 0.3 is 0 Å². The van der Waals surface area contributed by atoms with Crippen LogP contribution in [-0.2, 0) is 4.84 Å². The summed E-state index contributed by atoms with van der Waals surface area (Å²) in [5, 5.41) is 0. The van der Waals surface area contributed by atoms with Gasteiger partial charge in [0.15, 0.2) is 0 Å². The molecule has 0 amide bonds. The fourth-order valence-corrected chi connectivity index (χ4v) is 0. The van der Waals surface area contributed by atoms with Crippen LogP contribution in [-0.4, -0.2) is 13.7 Å². The molecule has 0 atom stereocenters. The molecule has 0 bridgehead atoms. The second kappa shape index (κ2) is 1.78. The number of hydrogen-bond acceptors (Lipinski definition) is 3. The minimum absolute atomic E-state index is 0.968. The first-order valence-electron chi connectivity index (χ1n) is 0.933. The molecule has 0 aromatic rings. The Balaban J connectivity index is 2.85. The summed E-state index contributed by atoms with van der Waals surface area (Å²) in [6.07, 6.45) is 0. The molecule has 0 rings (SSSR count). The van der Waals surface area contributed by atoms with E-state index in [-0.39, 0.29) is 0 Å². The molecule has 0 aliphatic carbocycles. The van der Waals surface area contributed by atoms with E-state index in [1.165, 1.54) is 0 Å². The summed E-state index contributed by atoms with van der Waals surface area (Å²) in [6.45, 7) is 0. The third kappa shape index (κ3) is 3.49. The molecule has 0 aromatic heterocycles. The van der Waals surface area contributed by atoms with Crippen molar-refractivity contribution in [3.8, 4) is 0 Å². The number of carbonyl (C=O) groups excluding carboxylic acids is 1. The van der Waals surface area contributed by atoms with Crippen molar-refractivity contribution in [2.45, 2.75) is 0 Å². The van der Waals surface area contributed by atoms with Crippen molar-refractivity contribution in [2.24, 2.45) is 5.90 Å². The summed E-state index contributed by atoms with van der Waals surface area (Å²) in [4.78, 5) is 12.6. The molecule has 26 valence electrons. The molecule has 0 saturated heterocycles. The lowest BCUT2D eigenvalue weighted by atomic mass is 10.2. The van der Waals surface area contributed by atoms with Gasteiger partial charge in [-0.25, -0.2) is 0 Å². The standard InChI is InChI=1S/CH2BNO2/c2-1(4)5-3/h3H2. The fraction of sp³-hybridized carbons (Fsp3) is 0. The van der Waals surface area contributed by atoms with E-state index in [1.54, 1.807) is 0 Å². The molecule has 0 aliphatic heterocycles. The Morgan fingerprint density at radius 2 is 2.20 bits per heavy atom. The molecule has 0 fully saturated rings. The van der Waals surface area contributed by atoms with Crippen LogP contribution < -0.4 is 5.90 Å². The first-order chi connectivity index (χ1) is 2.27. The minimum Gasteiger partial charge on any atom is -0.387 e. The molecule has 5 heavy (non-hydrogen) atoms. The van der Waals surface area contributed by atoms with Crippen LogP contribution in [0.4, 0.5) is 4.79 Å². The van der Waals surface area contributed by atoms with Gasteiger partial charge in [-0.05, 0) is 0 Å². The lowest BCUT2D eigenvalue weighted by Gasteiger charge is -1.80. The Kier molecular flexibility index (Phi) is 1.60. The first-order valence-corrected chi connectivity index (χ1v) is 0.933. The Morgan fingerprint density at radius 3 is 2.20 bits per heavy atom. The second-order valence-electron chi connectivity index (χ2n) is 0.437. The Hall–Kier alpha value is -0.505. The van der Waals surface area contributed by atoms with Crippen molar-refractivity contribution >= 4 is 13.7 Å². The molecule has 0 saturated carbocycles. The van der Waals surface area contributed by atoms with Gasteiger partial charge < -0.3 is 4.84 Å². The van der Waals surface area contributed by atoms with Crippen LogP contribution in [0, 0.1) is 0 Å². The van der Waals surface area contributed by atoms with E-state index >= 15 is 0 Å². The van der Waals surface area contributed by atoms with Gasteiger partial charge in [0.1, 0.15) is 0 Å². The van der Waals surface area contributed by atoms with E-state index in [2.05, 4.69) is 18.6 Å². The van der Waals surface area contributed by atoms with E-state index < -0.39 is 5.87 Å². The van der Waals surface area contributed by atoms with E-state index in [0.717, 1.165) is 0 Å². The average molecular weight is 70.8 g/mol. The number of nitrogens with two attached hydrogens (primary N) is 1. The van der Waals surface area contributed by atoms with Crippen LogP contribution in [0.5, 0.6) is 0 Å². The largest absolute Gasteiger partial charge is 0.387 e. The predicted octanol–water partition coefficient (Wildman–Crippen LogP) is -0.835. The first kappa shape index (κ1) is 4.49. The maximum Gasteiger partial charge on any atom is 0.257 e. The Bertz CT molecular complexity index is 44.9. The third-order valence-electron chi connectivity index (χ3n) is 0.116. The van der Waals surface area contributed by atoms with Gasteiger partial charge in [-0.2, -0.15) is 5.90 Å². The maximum atomic E-state index is 9.24. The van der Waals surface area contributed by atoms with Crippen molar-refractivity contribution in [3.05, 3.63) is 0 Å². The third-order valence-corrected chi connectivity index (χ3v) is 0.116. The van der Waals surface area contributed by atoms with Gasteiger partial charge in [0.05, 0.1) is 0 Å². The lowest BCUT2D eigenvalue weighted by Crippen LogP contribution is -2.05. The van der Waals surface area contributed by atoms with Crippen LogP contribution in [0.3, 0.4) is 0 Å². The van der Waals surface area contributed by atoms with E-state index in [4.69, 9.17) is 0 Å². The quantitative estimate of drug-likeness (QED) is 0.299. The Labute approximate surface area is 30.5 Å². The molecular formula is CH2BNO2. The van der Waals surface area contributed by atoms with Crippen LogP contribution in [0.1, 0.15) is 0 Å². The van der Waals surface area contributed by atoms with Crippen LogP contribution >= 0.6 is 0 Å². The van der Waals surface area contributed by atoms with Crippen molar-refractivity contribution < 1.29 is 9.63 Å². The van der Waals surface area contributed by atoms with E-state index in [1.807, 2.05) is 0 Å². The molecule has 3 nitrogen and oxygen atoms in total. The second-order valence-corrected chi connectivity index (χ2v) is 0.437. The number of rotatable bonds is 0. The van der Waals surface area contributed by atoms with E-state index in [9.17, 15) is 4.79 Å². The van der Waals surface area contributed by atoms with Crippen LogP contribution in [0.25, 0.3) is 0 Å². The smallest absolute Gasteiger partial charge is 0.257 e. The van der Waals surface area contributed by atoms with E-state index in [0.29, 0.717) is 0 Å². The fourth-order valence-electron chi connectivity index (χ4n) is 0. The highest BCUT2D eigenvalue weighted by molar-refractivity contribution is 6.54. The van der Waals surface area contributed by atoms with Gasteiger partial charge in [0.25, 0.3) is 5.87 Å². The average Bonchev–Trinajstić information content (AvgIpc) is 1.38. The molecule has 0 aromatic carbocycles. The van der Waals surface area contributed by atoms with Crippen molar-refractivity contribution in [1.82, 2.24) is 0 Å². The molecule has 4 heteroatoms. The van der Waals surface area contributed by atoms with Crippen molar-refractivity contribution in [3.63, 3.8) is 0 Å². The highest BCUT2D eigenvalue weighted by Crippen LogP contribution is 1.54. The van der Waals surface area contributed by atoms with Crippen LogP contribution in [0.2, 0.25) is 0 Å². The highest BCUT2D eigenvalue weighted by Gasteiger charge is 1.77. The number of carbonyl (C=O) groups is 1. The predicted molar refractivity (Wildman–Crippen MR) is 16.4 cm³/mol. The van der Waals surface area contributed by atoms with Crippen molar-refractivity contribution in [1.29, 1.82) is 0 Å². The summed E-state index contributed by atoms with van der Waals surface area (Å²) < 4.78 is 0. The summed E-state index contributed by atoms with van der Waals surface area (Å²) >= 11 is 0. The van der Waals surface area contributed by atoms with Crippen molar-refractivity contribution in [2.75, 3.05) is 0 Å². The van der Waals surface area contributed by atoms with Gasteiger partial charge in [-0.1, -0.05) is 0 Å². The van der Waals surface area contributed by atoms with Gasteiger partial charge in [0, 0.05) is 0 Å². The molecule has 2 N–H and O–H groups in total. The zero-order valence-electron chi connectivity index (χ0n) is 2.47. The van der Waals surface area contributed by atoms with Gasteiger partial charge in [-0.3, -0.25) is 4.79 Å². The Morgan fingerprint density at radius 1 is 2.00 bits per heavy atom. The SMILES string of the molecule is [B]C(=O)ON. The molecule has 0 heterocycles. The molecule has 0 aliphatic rings. The summed E-state index contributed by atoms with van der Waals surface area (Å²) in [6, 6.07) is 0. The molecule has 0 unspecified atom stereocenters. The zero-order valence-corrected chi connectivity index (χ0v) is 2.47. The molecule has 0 spiro atoms. The van der Waals surface area contributed by atoms with Gasteiger partial charge in [0.2, 0.25) is 7.85 Å². The van der Waals surface area contributed by atoms with Gasteiger partial charge in [-0.15, -0.1) is 0 Å². The number of hydrogen-bond donors (Lipinski definition) is 1. The van der Waals surface area contributed by atoms with Crippen LogP contribution in [0.15, 0.2) is 0 Å². The minimum atomic E-state index is -0.968. The lowest BCUT2D eigenvalue weighted by molar-refractivity contribution is 0.175. The summed E-state index contributed by atoms with van der Waals surface area (Å²) in [5.41, 5.74) is 0. The zero-order chi connectivity index (χ0) is 4.28. The monoisotopic (exact) mass is 71.0 g/mol. The molecule has 2 radical (unpaired) electrons. The normalized spacial score (nSPS) is 6.60.